The molecule has 0 atom stereocenters. The third kappa shape index (κ3) is 2.90. The van der Waals surface area contributed by atoms with Crippen LogP contribution in [-0.2, 0) is 11.3 Å². The number of nitrogens with one attached hydrogen (secondary N) is 1. The molecule has 3 aromatic heterocycles. The maximum Gasteiger partial charge on any atom is 0.217 e. The summed E-state index contributed by atoms with van der Waals surface area (Å²) in [5, 5.41) is 11.4. The summed E-state index contributed by atoms with van der Waals surface area (Å²) in [5.74, 6) is 0.458. The molecule has 0 aliphatic rings. The summed E-state index contributed by atoms with van der Waals surface area (Å²) in [4.78, 5) is 15.1. The molecule has 0 saturated heterocycles. The first-order chi connectivity index (χ1) is 10.6. The summed E-state index contributed by atoms with van der Waals surface area (Å²) in [5.41, 5.74) is 7.79. The highest BCUT2D eigenvalue weighted by Crippen LogP contribution is 2.19. The standard InChI is InChI=1S/C14H17N7O/c1-10-7-12(19-18-10)14-16-4-6-21(14)11-8-17-20(9-11)5-2-3-13(15)22/h4,6-9H,2-3,5H2,1H3,(H2,15,22)(H,18,19). The summed E-state index contributed by atoms with van der Waals surface area (Å²) < 4.78 is 3.71. The fourth-order valence-electron chi connectivity index (χ4n) is 2.25. The SMILES string of the molecule is Cc1cc(-c2nccn2-c2cnn(CCCC(N)=O)c2)n[nH]1. The topological polar surface area (TPSA) is 107 Å². The van der Waals surface area contributed by atoms with Crippen LogP contribution in [0.2, 0.25) is 0 Å². The van der Waals surface area contributed by atoms with Crippen molar-refractivity contribution in [1.29, 1.82) is 0 Å². The predicted octanol–water partition coefficient (Wildman–Crippen LogP) is 1.03. The second-order valence-corrected chi connectivity index (χ2v) is 5.09. The molecule has 0 aliphatic heterocycles. The molecule has 3 rings (SSSR count). The van der Waals surface area contributed by atoms with E-state index in [0.29, 0.717) is 19.4 Å². The van der Waals surface area contributed by atoms with Gasteiger partial charge in [-0.15, -0.1) is 0 Å². The van der Waals surface area contributed by atoms with Crippen LogP contribution in [0.5, 0.6) is 0 Å². The molecule has 0 aromatic carbocycles. The normalized spacial score (nSPS) is 11.0. The van der Waals surface area contributed by atoms with Gasteiger partial charge in [0, 0.05) is 37.3 Å². The number of aromatic amines is 1. The number of amides is 1. The smallest absolute Gasteiger partial charge is 0.217 e. The van der Waals surface area contributed by atoms with Crippen LogP contribution in [-0.4, -0.2) is 35.4 Å². The minimum Gasteiger partial charge on any atom is -0.370 e. The lowest BCUT2D eigenvalue weighted by Crippen LogP contribution is -2.11. The molecule has 0 spiro atoms. The summed E-state index contributed by atoms with van der Waals surface area (Å²) >= 11 is 0. The number of nitrogens with zero attached hydrogens (tertiary/aromatic N) is 5. The van der Waals surface area contributed by atoms with Crippen LogP contribution in [0.25, 0.3) is 17.2 Å². The van der Waals surface area contributed by atoms with E-state index in [1.807, 2.05) is 30.0 Å². The molecule has 114 valence electrons. The molecular weight excluding hydrogens is 282 g/mol. The molecule has 0 radical (unpaired) electrons. The van der Waals surface area contributed by atoms with Crippen molar-refractivity contribution in [3.05, 3.63) is 36.5 Å². The number of H-pyrrole nitrogens is 1. The Kier molecular flexibility index (Phi) is 3.73. The van der Waals surface area contributed by atoms with Crippen LogP contribution in [0.1, 0.15) is 18.5 Å². The van der Waals surface area contributed by atoms with Crippen molar-refractivity contribution >= 4 is 5.91 Å². The average Bonchev–Trinajstić information content (AvgIpc) is 3.16. The zero-order chi connectivity index (χ0) is 15.5. The van der Waals surface area contributed by atoms with E-state index in [0.717, 1.165) is 22.9 Å². The molecule has 3 aromatic rings. The zero-order valence-electron chi connectivity index (χ0n) is 12.2. The first-order valence-corrected chi connectivity index (χ1v) is 7.00. The van der Waals surface area contributed by atoms with Crippen molar-refractivity contribution in [2.45, 2.75) is 26.3 Å². The van der Waals surface area contributed by atoms with Gasteiger partial charge in [-0.3, -0.25) is 19.1 Å². The second kappa shape index (κ2) is 5.84. The number of hydrogen-bond acceptors (Lipinski definition) is 4. The van der Waals surface area contributed by atoms with Gasteiger partial charge in [-0.2, -0.15) is 10.2 Å². The summed E-state index contributed by atoms with van der Waals surface area (Å²) in [6.07, 6.45) is 8.29. The van der Waals surface area contributed by atoms with E-state index in [4.69, 9.17) is 5.73 Å². The molecule has 1 amide bonds. The van der Waals surface area contributed by atoms with Gasteiger partial charge >= 0.3 is 0 Å². The lowest BCUT2D eigenvalue weighted by molar-refractivity contribution is -0.118. The van der Waals surface area contributed by atoms with Gasteiger partial charge in [-0.1, -0.05) is 0 Å². The van der Waals surface area contributed by atoms with E-state index in [9.17, 15) is 4.79 Å². The number of carbonyl (C=O) groups excluding carboxylic acids is 1. The molecule has 0 unspecified atom stereocenters. The van der Waals surface area contributed by atoms with E-state index in [1.54, 1.807) is 17.1 Å². The van der Waals surface area contributed by atoms with Gasteiger partial charge in [0.25, 0.3) is 0 Å². The van der Waals surface area contributed by atoms with Gasteiger partial charge in [0.05, 0.1) is 11.9 Å². The molecule has 0 fully saturated rings. The number of carbonyl (C=O) groups is 1. The third-order valence-corrected chi connectivity index (χ3v) is 3.28. The Morgan fingerprint density at radius 1 is 1.45 bits per heavy atom. The molecule has 3 N–H and O–H groups in total. The van der Waals surface area contributed by atoms with Crippen molar-refractivity contribution in [2.24, 2.45) is 5.73 Å². The highest BCUT2D eigenvalue weighted by Gasteiger charge is 2.12. The quantitative estimate of drug-likeness (QED) is 0.708. The Bertz CT molecular complexity index is 783. The van der Waals surface area contributed by atoms with Gasteiger partial charge in [0.15, 0.2) is 5.82 Å². The highest BCUT2D eigenvalue weighted by atomic mass is 16.1. The van der Waals surface area contributed by atoms with Crippen LogP contribution in [0, 0.1) is 6.92 Å². The first kappa shape index (κ1) is 14.1. The number of imidazole rings is 1. The van der Waals surface area contributed by atoms with Crippen LogP contribution >= 0.6 is 0 Å². The Hall–Kier alpha value is -2.90. The van der Waals surface area contributed by atoms with Gasteiger partial charge in [-0.05, 0) is 19.4 Å². The molecular formula is C14H17N7O. The lowest BCUT2D eigenvalue weighted by atomic mass is 10.3. The van der Waals surface area contributed by atoms with E-state index in [2.05, 4.69) is 20.3 Å². The van der Waals surface area contributed by atoms with E-state index in [-0.39, 0.29) is 5.91 Å². The van der Waals surface area contributed by atoms with Gasteiger partial charge < -0.3 is 5.73 Å². The highest BCUT2D eigenvalue weighted by molar-refractivity contribution is 5.73. The zero-order valence-corrected chi connectivity index (χ0v) is 12.2. The van der Waals surface area contributed by atoms with Gasteiger partial charge in [0.1, 0.15) is 5.69 Å². The number of aromatic nitrogens is 6. The van der Waals surface area contributed by atoms with Crippen LogP contribution < -0.4 is 5.73 Å². The first-order valence-electron chi connectivity index (χ1n) is 7.00. The van der Waals surface area contributed by atoms with Gasteiger partial charge in [0.2, 0.25) is 5.91 Å². The molecule has 0 saturated carbocycles. The molecule has 8 heteroatoms. The Balaban J connectivity index is 1.79. The summed E-state index contributed by atoms with van der Waals surface area (Å²) in [7, 11) is 0. The Morgan fingerprint density at radius 3 is 3.05 bits per heavy atom. The summed E-state index contributed by atoms with van der Waals surface area (Å²) in [6, 6.07) is 1.94. The van der Waals surface area contributed by atoms with E-state index < -0.39 is 0 Å². The summed E-state index contributed by atoms with van der Waals surface area (Å²) in [6.45, 7) is 2.59. The largest absolute Gasteiger partial charge is 0.370 e. The van der Waals surface area contributed by atoms with Crippen molar-refractivity contribution in [1.82, 2.24) is 29.5 Å². The fourth-order valence-corrected chi connectivity index (χ4v) is 2.25. The van der Waals surface area contributed by atoms with Crippen molar-refractivity contribution in [3.8, 4) is 17.2 Å². The lowest BCUT2D eigenvalue weighted by Gasteiger charge is -2.02. The molecule has 8 nitrogen and oxygen atoms in total. The number of aryl methyl sites for hydroxylation is 2. The third-order valence-electron chi connectivity index (χ3n) is 3.28. The fraction of sp³-hybridized carbons (Fsp3) is 0.286. The van der Waals surface area contributed by atoms with Crippen molar-refractivity contribution < 1.29 is 4.79 Å². The average molecular weight is 299 g/mol. The molecule has 22 heavy (non-hydrogen) atoms. The second-order valence-electron chi connectivity index (χ2n) is 5.09. The van der Waals surface area contributed by atoms with Crippen molar-refractivity contribution in [2.75, 3.05) is 0 Å². The number of rotatable bonds is 6. The van der Waals surface area contributed by atoms with Crippen LogP contribution in [0.3, 0.4) is 0 Å². The van der Waals surface area contributed by atoms with Crippen LogP contribution in [0.15, 0.2) is 30.9 Å². The van der Waals surface area contributed by atoms with Crippen molar-refractivity contribution in [3.63, 3.8) is 0 Å². The molecule has 3 heterocycles. The molecule has 0 bridgehead atoms. The number of primary amides is 1. The van der Waals surface area contributed by atoms with Gasteiger partial charge in [-0.25, -0.2) is 4.98 Å². The van der Waals surface area contributed by atoms with E-state index in [1.165, 1.54) is 0 Å². The molecule has 0 aliphatic carbocycles. The monoisotopic (exact) mass is 299 g/mol. The minimum absolute atomic E-state index is 0.293. The van der Waals surface area contributed by atoms with E-state index >= 15 is 0 Å². The Morgan fingerprint density at radius 2 is 2.32 bits per heavy atom. The maximum atomic E-state index is 10.8. The predicted molar refractivity (Wildman–Crippen MR) is 80.1 cm³/mol. The maximum absolute atomic E-state index is 10.8. The minimum atomic E-state index is -0.293. The van der Waals surface area contributed by atoms with Crippen LogP contribution in [0.4, 0.5) is 0 Å². The number of nitrogens with two attached hydrogens (primary N) is 1. The number of hydrogen-bond donors (Lipinski definition) is 2. The Labute approximate surface area is 127 Å².